The molecule has 4 nitrogen and oxygen atoms in total. The number of carbonyl (C=O) groups is 1. The van der Waals surface area contributed by atoms with Crippen molar-refractivity contribution < 1.29 is 9.53 Å². The van der Waals surface area contributed by atoms with Crippen molar-refractivity contribution in [3.05, 3.63) is 29.8 Å². The van der Waals surface area contributed by atoms with Gasteiger partial charge in [-0.25, -0.2) is 0 Å². The average molecular weight is 236 g/mol. The molecule has 0 bridgehead atoms. The van der Waals surface area contributed by atoms with Gasteiger partial charge in [-0.1, -0.05) is 12.1 Å². The number of anilines is 1. The van der Waals surface area contributed by atoms with E-state index in [9.17, 15) is 4.79 Å². The summed E-state index contributed by atoms with van der Waals surface area (Å²) in [6, 6.07) is 7.78. The summed E-state index contributed by atoms with van der Waals surface area (Å²) in [5, 5.41) is 3.15. The SMILES string of the molecule is COC(C)C(C)(Nc1cccc(C)c1)C(N)=O. The number of carbonyl (C=O) groups excluding carboxylic acids is 1. The maximum atomic E-state index is 11.6. The molecule has 0 heterocycles. The number of nitrogens with two attached hydrogens (primary N) is 1. The van der Waals surface area contributed by atoms with E-state index >= 15 is 0 Å². The predicted octanol–water partition coefficient (Wildman–Crippen LogP) is 1.69. The lowest BCUT2D eigenvalue weighted by Crippen LogP contribution is -2.56. The summed E-state index contributed by atoms with van der Waals surface area (Å²) in [4.78, 5) is 11.6. The highest BCUT2D eigenvalue weighted by atomic mass is 16.5. The molecule has 0 aromatic heterocycles. The van der Waals surface area contributed by atoms with Gasteiger partial charge in [0.05, 0.1) is 6.10 Å². The smallest absolute Gasteiger partial charge is 0.245 e. The number of amides is 1. The fourth-order valence-corrected chi connectivity index (χ4v) is 1.62. The number of hydrogen-bond donors (Lipinski definition) is 2. The Hall–Kier alpha value is -1.55. The molecule has 1 aromatic carbocycles. The highest BCUT2D eigenvalue weighted by Gasteiger charge is 2.37. The Morgan fingerprint density at radius 3 is 2.65 bits per heavy atom. The molecule has 1 aromatic rings. The van der Waals surface area contributed by atoms with Crippen molar-refractivity contribution in [2.24, 2.45) is 5.73 Å². The van der Waals surface area contributed by atoms with Crippen LogP contribution in [0.25, 0.3) is 0 Å². The Kier molecular flexibility index (Phi) is 4.12. The highest BCUT2D eigenvalue weighted by Crippen LogP contribution is 2.21. The van der Waals surface area contributed by atoms with Gasteiger partial charge in [-0.15, -0.1) is 0 Å². The summed E-state index contributed by atoms with van der Waals surface area (Å²) >= 11 is 0. The van der Waals surface area contributed by atoms with E-state index in [4.69, 9.17) is 10.5 Å². The topological polar surface area (TPSA) is 64.3 Å². The largest absolute Gasteiger partial charge is 0.379 e. The lowest BCUT2D eigenvalue weighted by atomic mass is 9.94. The molecule has 2 atom stereocenters. The Morgan fingerprint density at radius 2 is 2.18 bits per heavy atom. The number of methoxy groups -OCH3 is 1. The second kappa shape index (κ2) is 5.19. The van der Waals surface area contributed by atoms with Crippen molar-refractivity contribution in [1.29, 1.82) is 0 Å². The van der Waals surface area contributed by atoms with Crippen molar-refractivity contribution in [1.82, 2.24) is 0 Å². The molecule has 0 aliphatic rings. The first kappa shape index (κ1) is 13.5. The standard InChI is InChI=1S/C13H20N2O2/c1-9-6-5-7-11(8-9)15-13(3,12(14)16)10(2)17-4/h5-8,10,15H,1-4H3,(H2,14,16). The Morgan fingerprint density at radius 1 is 1.53 bits per heavy atom. The molecule has 1 rings (SSSR count). The third-order valence-electron chi connectivity index (χ3n) is 3.10. The van der Waals surface area contributed by atoms with E-state index in [1.54, 1.807) is 14.0 Å². The number of benzene rings is 1. The first-order valence-corrected chi connectivity index (χ1v) is 5.57. The summed E-state index contributed by atoms with van der Waals surface area (Å²) in [5.41, 5.74) is 6.50. The van der Waals surface area contributed by atoms with Crippen LogP contribution >= 0.6 is 0 Å². The summed E-state index contributed by atoms with van der Waals surface area (Å²) in [6.45, 7) is 5.55. The van der Waals surface area contributed by atoms with Gasteiger partial charge in [0.25, 0.3) is 0 Å². The summed E-state index contributed by atoms with van der Waals surface area (Å²) in [6.07, 6.45) is -0.319. The third kappa shape index (κ3) is 2.97. The molecule has 0 radical (unpaired) electrons. The quantitative estimate of drug-likeness (QED) is 0.817. The molecule has 0 fully saturated rings. The number of hydrogen-bond acceptors (Lipinski definition) is 3. The minimum Gasteiger partial charge on any atom is -0.379 e. The van der Waals surface area contributed by atoms with E-state index in [1.807, 2.05) is 38.1 Å². The predicted molar refractivity (Wildman–Crippen MR) is 68.9 cm³/mol. The van der Waals surface area contributed by atoms with Crippen molar-refractivity contribution in [3.8, 4) is 0 Å². The molecule has 0 aliphatic carbocycles. The van der Waals surface area contributed by atoms with Crippen LogP contribution in [0.5, 0.6) is 0 Å². The molecule has 94 valence electrons. The molecular formula is C13H20N2O2. The van der Waals surface area contributed by atoms with Crippen molar-refractivity contribution in [2.45, 2.75) is 32.4 Å². The van der Waals surface area contributed by atoms with Crippen molar-refractivity contribution >= 4 is 11.6 Å². The van der Waals surface area contributed by atoms with Gasteiger partial charge in [0.2, 0.25) is 5.91 Å². The van der Waals surface area contributed by atoms with Gasteiger partial charge in [0, 0.05) is 12.8 Å². The van der Waals surface area contributed by atoms with E-state index < -0.39 is 11.4 Å². The Bertz CT molecular complexity index is 406. The first-order valence-electron chi connectivity index (χ1n) is 5.57. The zero-order valence-corrected chi connectivity index (χ0v) is 10.8. The van der Waals surface area contributed by atoms with Crippen molar-refractivity contribution in [2.75, 3.05) is 12.4 Å². The Balaban J connectivity index is 2.99. The lowest BCUT2D eigenvalue weighted by molar-refractivity contribution is -0.125. The van der Waals surface area contributed by atoms with E-state index in [0.717, 1.165) is 11.3 Å². The molecular weight excluding hydrogens is 216 g/mol. The van der Waals surface area contributed by atoms with Crippen LogP contribution in [0.15, 0.2) is 24.3 Å². The Labute approximate surface area is 102 Å². The second-order valence-corrected chi connectivity index (χ2v) is 4.44. The van der Waals surface area contributed by atoms with Gasteiger partial charge in [0.15, 0.2) is 0 Å². The lowest BCUT2D eigenvalue weighted by Gasteiger charge is -2.33. The number of rotatable bonds is 5. The van der Waals surface area contributed by atoms with Gasteiger partial charge in [0.1, 0.15) is 5.54 Å². The van der Waals surface area contributed by atoms with Crippen LogP contribution < -0.4 is 11.1 Å². The molecule has 0 aliphatic heterocycles. The van der Waals surface area contributed by atoms with Crippen LogP contribution in [0.2, 0.25) is 0 Å². The number of nitrogens with one attached hydrogen (secondary N) is 1. The molecule has 3 N–H and O–H groups in total. The zero-order valence-electron chi connectivity index (χ0n) is 10.8. The summed E-state index contributed by atoms with van der Waals surface area (Å²) < 4.78 is 5.22. The van der Waals surface area contributed by atoms with Gasteiger partial charge >= 0.3 is 0 Å². The van der Waals surface area contributed by atoms with Crippen LogP contribution in [-0.4, -0.2) is 24.7 Å². The molecule has 0 saturated carbocycles. The van der Waals surface area contributed by atoms with Gasteiger partial charge < -0.3 is 15.8 Å². The monoisotopic (exact) mass is 236 g/mol. The number of primary amides is 1. The minimum atomic E-state index is -0.928. The van der Waals surface area contributed by atoms with E-state index in [1.165, 1.54) is 0 Å². The maximum absolute atomic E-state index is 11.6. The number of ether oxygens (including phenoxy) is 1. The first-order chi connectivity index (χ1) is 7.90. The van der Waals surface area contributed by atoms with Crippen LogP contribution in [0.4, 0.5) is 5.69 Å². The molecule has 17 heavy (non-hydrogen) atoms. The molecule has 1 amide bonds. The fraction of sp³-hybridized carbons (Fsp3) is 0.462. The van der Waals surface area contributed by atoms with E-state index in [2.05, 4.69) is 5.32 Å². The third-order valence-corrected chi connectivity index (χ3v) is 3.10. The van der Waals surface area contributed by atoms with Crippen LogP contribution in [0.3, 0.4) is 0 Å². The molecule has 0 saturated heterocycles. The van der Waals surface area contributed by atoms with Crippen LogP contribution in [0, 0.1) is 6.92 Å². The normalized spacial score (nSPS) is 16.0. The molecule has 2 unspecified atom stereocenters. The van der Waals surface area contributed by atoms with Crippen molar-refractivity contribution in [3.63, 3.8) is 0 Å². The van der Waals surface area contributed by atoms with Gasteiger partial charge in [-0.3, -0.25) is 4.79 Å². The van der Waals surface area contributed by atoms with Gasteiger partial charge in [-0.2, -0.15) is 0 Å². The van der Waals surface area contributed by atoms with E-state index in [0.29, 0.717) is 0 Å². The minimum absolute atomic E-state index is 0.319. The molecule has 0 spiro atoms. The fourth-order valence-electron chi connectivity index (χ4n) is 1.62. The number of aryl methyl sites for hydroxylation is 1. The van der Waals surface area contributed by atoms with E-state index in [-0.39, 0.29) is 6.10 Å². The summed E-state index contributed by atoms with van der Waals surface area (Å²) in [5.74, 6) is -0.437. The molecule has 4 heteroatoms. The zero-order chi connectivity index (χ0) is 13.1. The van der Waals surface area contributed by atoms with Gasteiger partial charge in [-0.05, 0) is 38.5 Å². The summed E-state index contributed by atoms with van der Waals surface area (Å²) in [7, 11) is 1.56. The average Bonchev–Trinajstić information content (AvgIpc) is 2.27. The van der Waals surface area contributed by atoms with Crippen LogP contribution in [-0.2, 0) is 9.53 Å². The maximum Gasteiger partial charge on any atom is 0.245 e. The highest BCUT2D eigenvalue weighted by molar-refractivity contribution is 5.88. The van der Waals surface area contributed by atoms with Crippen LogP contribution in [0.1, 0.15) is 19.4 Å². The second-order valence-electron chi connectivity index (χ2n) is 4.44.